The predicted octanol–water partition coefficient (Wildman–Crippen LogP) is 12.4. The molecule has 0 unspecified atom stereocenters. The standard InChI is InChI=1S/C30H20N2.2C7H7.Zr/c1-20-16-17-22-9-3-5-13-25(22)29(20)32-28-15-7-11-23-18-19-27(31-30(23)28)26-14-6-10-21-8-2-4-12-24(21)26;2*1-7-5-3-2-4-6-7;/h2-13,15-19H,1H3;2*2-6H,1H2;/q-2;2*-1;+4. The summed E-state index contributed by atoms with van der Waals surface area (Å²) in [4.78, 5) is 5.08. The maximum atomic E-state index is 5.12. The summed E-state index contributed by atoms with van der Waals surface area (Å²) in [5.74, 6) is 0. The van der Waals surface area contributed by atoms with E-state index in [0.29, 0.717) is 0 Å². The van der Waals surface area contributed by atoms with E-state index >= 15 is 0 Å². The Balaban J connectivity index is 0.000000239. The molecule has 0 atom stereocenters. The van der Waals surface area contributed by atoms with Gasteiger partial charge in [-0.1, -0.05) is 114 Å². The number of hydrogen-bond donors (Lipinski definition) is 0. The van der Waals surface area contributed by atoms with Gasteiger partial charge >= 0.3 is 26.2 Å². The Kier molecular flexibility index (Phi) is 11.3. The largest absolute Gasteiger partial charge is 4.00 e. The van der Waals surface area contributed by atoms with Crippen molar-refractivity contribution < 1.29 is 26.2 Å². The first-order chi connectivity index (χ1) is 22.6. The molecule has 0 saturated carbocycles. The molecule has 0 fully saturated rings. The third-order valence-electron chi connectivity index (χ3n) is 7.70. The van der Waals surface area contributed by atoms with Gasteiger partial charge in [0.1, 0.15) is 0 Å². The van der Waals surface area contributed by atoms with Crippen molar-refractivity contribution in [1.82, 2.24) is 4.98 Å². The van der Waals surface area contributed by atoms with Crippen LogP contribution in [0.3, 0.4) is 0 Å². The molecule has 8 aromatic rings. The first-order valence-electron chi connectivity index (χ1n) is 15.3. The zero-order valence-corrected chi connectivity index (χ0v) is 28.9. The number of rotatable bonds is 3. The molecule has 3 heteroatoms. The molecule has 1 heterocycles. The number of benzene rings is 7. The maximum absolute atomic E-state index is 5.12. The zero-order chi connectivity index (χ0) is 31.7. The first-order valence-corrected chi connectivity index (χ1v) is 15.3. The van der Waals surface area contributed by atoms with E-state index in [1.165, 1.54) is 10.8 Å². The van der Waals surface area contributed by atoms with Crippen LogP contribution in [-0.4, -0.2) is 4.98 Å². The molecule has 0 saturated heterocycles. The van der Waals surface area contributed by atoms with Crippen molar-refractivity contribution in [3.63, 3.8) is 0 Å². The van der Waals surface area contributed by atoms with Crippen LogP contribution in [0, 0.1) is 26.8 Å². The monoisotopic (exact) mass is 680 g/mol. The SMILES string of the molecule is Cc1ccc2ccccc2c1[N-]c1cccc2ccc(-c3[c-]ccc4ccccc34)nc12.[CH2-]c1ccccc1.[CH2-]c1ccccc1.[Zr+4]. The fourth-order valence-corrected chi connectivity index (χ4v) is 5.32. The average molecular weight is 682 g/mol. The summed E-state index contributed by atoms with van der Waals surface area (Å²) in [5, 5.41) is 10.9. The van der Waals surface area contributed by atoms with Gasteiger partial charge in [-0.05, 0) is 28.8 Å². The molecule has 0 amide bonds. The number of aromatic nitrogens is 1. The van der Waals surface area contributed by atoms with E-state index in [9.17, 15) is 0 Å². The van der Waals surface area contributed by atoms with Crippen molar-refractivity contribution in [1.29, 1.82) is 0 Å². The van der Waals surface area contributed by atoms with Gasteiger partial charge in [0.15, 0.2) is 0 Å². The van der Waals surface area contributed by atoms with E-state index in [1.807, 2.05) is 78.9 Å². The van der Waals surface area contributed by atoms with Crippen LogP contribution in [0.25, 0.3) is 49.0 Å². The summed E-state index contributed by atoms with van der Waals surface area (Å²) < 4.78 is 0. The van der Waals surface area contributed by atoms with Crippen LogP contribution in [0.2, 0.25) is 0 Å². The molecule has 0 bridgehead atoms. The van der Waals surface area contributed by atoms with E-state index in [-0.39, 0.29) is 26.2 Å². The summed E-state index contributed by atoms with van der Waals surface area (Å²) in [6.45, 7) is 9.55. The second-order valence-corrected chi connectivity index (χ2v) is 11.0. The quantitative estimate of drug-likeness (QED) is 0.171. The summed E-state index contributed by atoms with van der Waals surface area (Å²) in [6, 6.07) is 58.7. The molecule has 8 rings (SSSR count). The Hall–Kier alpha value is -5.11. The number of para-hydroxylation sites is 1. The number of pyridine rings is 1. The van der Waals surface area contributed by atoms with E-state index < -0.39 is 0 Å². The number of fused-ring (bicyclic) bond motifs is 3. The van der Waals surface area contributed by atoms with Crippen molar-refractivity contribution in [2.45, 2.75) is 6.92 Å². The Morgan fingerprint density at radius 1 is 0.532 bits per heavy atom. The van der Waals surface area contributed by atoms with Gasteiger partial charge in [-0.15, -0.1) is 64.8 Å². The molecule has 0 aliphatic carbocycles. The Morgan fingerprint density at radius 2 is 1.09 bits per heavy atom. The van der Waals surface area contributed by atoms with Crippen LogP contribution in [0.1, 0.15) is 16.7 Å². The molecule has 0 aliphatic heterocycles. The first kappa shape index (κ1) is 33.3. The third-order valence-corrected chi connectivity index (χ3v) is 7.70. The van der Waals surface area contributed by atoms with Gasteiger partial charge in [0, 0.05) is 5.52 Å². The van der Waals surface area contributed by atoms with Gasteiger partial charge in [-0.2, -0.15) is 49.2 Å². The summed E-state index contributed by atoms with van der Waals surface area (Å²) >= 11 is 0. The second-order valence-electron chi connectivity index (χ2n) is 11.0. The minimum atomic E-state index is 0. The van der Waals surface area contributed by atoms with Crippen LogP contribution in [-0.2, 0) is 26.2 Å². The Morgan fingerprint density at radius 3 is 1.72 bits per heavy atom. The summed E-state index contributed by atoms with van der Waals surface area (Å²) in [7, 11) is 0. The van der Waals surface area contributed by atoms with E-state index in [4.69, 9.17) is 10.3 Å². The van der Waals surface area contributed by atoms with E-state index in [0.717, 1.165) is 61.0 Å². The van der Waals surface area contributed by atoms with Gasteiger partial charge < -0.3 is 5.32 Å². The molecular weight excluding hydrogens is 648 g/mol. The summed E-state index contributed by atoms with van der Waals surface area (Å²) in [5.41, 5.74) is 8.00. The van der Waals surface area contributed by atoms with Crippen molar-refractivity contribution in [3.8, 4) is 11.3 Å². The van der Waals surface area contributed by atoms with Gasteiger partial charge in [0.25, 0.3) is 0 Å². The zero-order valence-electron chi connectivity index (χ0n) is 26.4. The minimum Gasteiger partial charge on any atom is -0.655 e. The number of aryl methyl sites for hydroxylation is 1. The number of nitrogens with zero attached hydrogens (tertiary/aromatic N) is 2. The summed E-state index contributed by atoms with van der Waals surface area (Å²) in [6.07, 6.45) is 0. The maximum Gasteiger partial charge on any atom is 4.00 e. The number of hydrogen-bond acceptors (Lipinski definition) is 1. The van der Waals surface area contributed by atoms with Crippen LogP contribution in [0.4, 0.5) is 11.4 Å². The fraction of sp³-hybridized carbons (Fsp3) is 0.0227. The average Bonchev–Trinajstić information content (AvgIpc) is 3.10. The molecule has 0 aliphatic rings. The molecular formula is C44H34N2Zr. The van der Waals surface area contributed by atoms with Crippen molar-refractivity contribution in [3.05, 3.63) is 206 Å². The Bertz CT molecular complexity index is 2170. The van der Waals surface area contributed by atoms with Crippen LogP contribution >= 0.6 is 0 Å². The van der Waals surface area contributed by atoms with Crippen molar-refractivity contribution >= 4 is 43.8 Å². The van der Waals surface area contributed by atoms with Gasteiger partial charge in [0.2, 0.25) is 0 Å². The fourth-order valence-electron chi connectivity index (χ4n) is 5.32. The molecule has 1 aromatic heterocycles. The normalized spacial score (nSPS) is 10.2. The smallest absolute Gasteiger partial charge is 0.655 e. The van der Waals surface area contributed by atoms with Crippen molar-refractivity contribution in [2.75, 3.05) is 0 Å². The Labute approximate surface area is 297 Å². The topological polar surface area (TPSA) is 27.0 Å². The van der Waals surface area contributed by atoms with Crippen LogP contribution in [0.5, 0.6) is 0 Å². The van der Waals surface area contributed by atoms with Gasteiger partial charge in [-0.3, -0.25) is 4.98 Å². The molecule has 0 radical (unpaired) electrons. The van der Waals surface area contributed by atoms with E-state index in [1.54, 1.807) is 0 Å². The van der Waals surface area contributed by atoms with Crippen LogP contribution < -0.4 is 0 Å². The van der Waals surface area contributed by atoms with E-state index in [2.05, 4.69) is 112 Å². The van der Waals surface area contributed by atoms with Gasteiger partial charge in [0.05, 0.1) is 0 Å². The molecule has 7 aromatic carbocycles. The molecule has 0 N–H and O–H groups in total. The minimum absolute atomic E-state index is 0. The molecule has 2 nitrogen and oxygen atoms in total. The third kappa shape index (κ3) is 8.19. The predicted molar refractivity (Wildman–Crippen MR) is 197 cm³/mol. The molecule has 47 heavy (non-hydrogen) atoms. The molecule has 0 spiro atoms. The van der Waals surface area contributed by atoms with Crippen molar-refractivity contribution in [2.24, 2.45) is 0 Å². The molecule has 224 valence electrons. The second kappa shape index (κ2) is 15.9. The van der Waals surface area contributed by atoms with Crippen LogP contribution in [0.15, 0.2) is 164 Å². The van der Waals surface area contributed by atoms with Gasteiger partial charge in [-0.25, -0.2) is 0 Å².